The Morgan fingerprint density at radius 3 is 2.50 bits per heavy atom. The van der Waals surface area contributed by atoms with Crippen LogP contribution in [0.5, 0.6) is 0 Å². The monoisotopic (exact) mass is 631 g/mol. The van der Waals surface area contributed by atoms with Gasteiger partial charge in [-0.3, -0.25) is 19.0 Å². The molecule has 0 aliphatic carbocycles. The van der Waals surface area contributed by atoms with Crippen LogP contribution in [0.2, 0.25) is 5.02 Å². The fourth-order valence-corrected chi connectivity index (χ4v) is 7.12. The molecule has 0 saturated carbocycles. The normalized spacial score (nSPS) is 17.1. The van der Waals surface area contributed by atoms with Gasteiger partial charge >= 0.3 is 0 Å². The van der Waals surface area contributed by atoms with Crippen molar-refractivity contribution in [1.29, 1.82) is 0 Å². The highest BCUT2D eigenvalue weighted by Gasteiger charge is 2.34. The summed E-state index contributed by atoms with van der Waals surface area (Å²) < 4.78 is 9.47. The van der Waals surface area contributed by atoms with Gasteiger partial charge in [0.1, 0.15) is 6.54 Å². The zero-order chi connectivity index (χ0) is 31.0. The van der Waals surface area contributed by atoms with Crippen molar-refractivity contribution in [3.05, 3.63) is 102 Å². The predicted octanol–water partition coefficient (Wildman–Crippen LogP) is 3.57. The van der Waals surface area contributed by atoms with Crippen LogP contribution < -0.4 is 14.9 Å². The molecule has 2 aromatic carbocycles. The number of rotatable bonds is 7. The number of likely N-dealkylation sites (N-methyl/N-ethyl adjacent to an activating group) is 1. The summed E-state index contributed by atoms with van der Waals surface area (Å²) in [7, 11) is 0. The fraction of sp³-hybridized carbons (Fsp3) is 0.333. The summed E-state index contributed by atoms with van der Waals surface area (Å²) >= 11 is 7.51. The van der Waals surface area contributed by atoms with Crippen molar-refractivity contribution < 1.29 is 14.3 Å². The van der Waals surface area contributed by atoms with Crippen LogP contribution in [-0.4, -0.2) is 70.1 Å². The Morgan fingerprint density at radius 2 is 1.80 bits per heavy atom. The molecule has 2 aliphatic rings. The van der Waals surface area contributed by atoms with Gasteiger partial charge in [-0.25, -0.2) is 4.99 Å². The minimum absolute atomic E-state index is 0.0313. The Bertz CT molecular complexity index is 1950. The topological polar surface area (TPSA) is 89.1 Å². The van der Waals surface area contributed by atoms with E-state index in [0.717, 1.165) is 22.0 Å². The van der Waals surface area contributed by atoms with Crippen molar-refractivity contribution in [3.8, 4) is 0 Å². The molecular weight excluding hydrogens is 598 g/mol. The molecule has 2 aromatic heterocycles. The maximum Gasteiger partial charge on any atom is 0.271 e. The largest absolute Gasteiger partial charge is 0.378 e. The standard InChI is InChI=1S/C33H34ClN5O4S/c1-4-36(5-2)32(42)29-21(3)35-33-39(30(29)22-10-12-24(34)13-11-22)31(41)27(44-33)18-23-19-38(26-9-7-6-8-25(23)26)20-28(40)37-14-16-43-17-15-37/h6-13,18-19,30H,4-5,14-17,20H2,1-3H3/b27-18-/t30-/m0/s1. The molecule has 2 amide bonds. The maximum atomic E-state index is 14.2. The summed E-state index contributed by atoms with van der Waals surface area (Å²) in [6.07, 6.45) is 3.80. The molecule has 11 heteroatoms. The molecular formula is C33H34ClN5O4S. The van der Waals surface area contributed by atoms with Gasteiger partial charge < -0.3 is 19.1 Å². The minimum Gasteiger partial charge on any atom is -0.378 e. The number of fused-ring (bicyclic) bond motifs is 2. The van der Waals surface area contributed by atoms with Crippen LogP contribution in [0.4, 0.5) is 0 Å². The van der Waals surface area contributed by atoms with Gasteiger partial charge in [0.15, 0.2) is 4.80 Å². The van der Waals surface area contributed by atoms with E-state index >= 15 is 0 Å². The molecule has 0 bridgehead atoms. The number of morpholine rings is 1. The third-order valence-corrected chi connectivity index (χ3v) is 9.50. The number of carbonyl (C=O) groups excluding carboxylic acids is 2. The predicted molar refractivity (Wildman–Crippen MR) is 172 cm³/mol. The fourth-order valence-electron chi connectivity index (χ4n) is 5.96. The number of aromatic nitrogens is 2. The highest BCUT2D eigenvalue weighted by Crippen LogP contribution is 2.32. The lowest BCUT2D eigenvalue weighted by Gasteiger charge is -2.29. The van der Waals surface area contributed by atoms with Crippen LogP contribution in [-0.2, 0) is 20.9 Å². The second-order valence-electron chi connectivity index (χ2n) is 10.8. The number of carbonyl (C=O) groups is 2. The zero-order valence-corrected chi connectivity index (χ0v) is 26.5. The molecule has 4 aromatic rings. The number of ether oxygens (including phenoxy) is 1. The number of hydrogen-bond acceptors (Lipinski definition) is 6. The number of allylic oxidation sites excluding steroid dienone is 1. The summed E-state index contributed by atoms with van der Waals surface area (Å²) in [6.45, 7) is 9.25. The number of nitrogens with zero attached hydrogens (tertiary/aromatic N) is 5. The van der Waals surface area contributed by atoms with Crippen molar-refractivity contribution >= 4 is 51.7 Å². The number of thiazole rings is 1. The number of para-hydroxylation sites is 1. The third-order valence-electron chi connectivity index (χ3n) is 8.26. The van der Waals surface area contributed by atoms with E-state index < -0.39 is 6.04 Å². The van der Waals surface area contributed by atoms with Crippen LogP contribution in [0.3, 0.4) is 0 Å². The Balaban J connectivity index is 1.47. The van der Waals surface area contributed by atoms with Crippen molar-refractivity contribution in [2.24, 2.45) is 4.99 Å². The second kappa shape index (κ2) is 12.6. The summed E-state index contributed by atoms with van der Waals surface area (Å²) in [4.78, 5) is 50.0. The van der Waals surface area contributed by atoms with Gasteiger partial charge in [0.25, 0.3) is 11.5 Å². The Hall–Kier alpha value is -3.99. The van der Waals surface area contributed by atoms with E-state index in [1.54, 1.807) is 21.6 Å². The van der Waals surface area contributed by atoms with Gasteiger partial charge in [-0.2, -0.15) is 0 Å². The first-order valence-electron chi connectivity index (χ1n) is 14.8. The number of halogens is 1. The Kier molecular flexibility index (Phi) is 8.57. The molecule has 228 valence electrons. The van der Waals surface area contributed by atoms with E-state index in [4.69, 9.17) is 21.3 Å². The molecule has 0 unspecified atom stereocenters. The highest BCUT2D eigenvalue weighted by atomic mass is 35.5. The summed E-state index contributed by atoms with van der Waals surface area (Å²) in [6, 6.07) is 14.5. The van der Waals surface area contributed by atoms with Crippen molar-refractivity contribution in [2.45, 2.75) is 33.4 Å². The smallest absolute Gasteiger partial charge is 0.271 e. The van der Waals surface area contributed by atoms with Gasteiger partial charge in [0, 0.05) is 53.9 Å². The molecule has 4 heterocycles. The quantitative estimate of drug-likeness (QED) is 0.312. The summed E-state index contributed by atoms with van der Waals surface area (Å²) in [5, 5.41) is 1.51. The molecule has 6 rings (SSSR count). The first-order chi connectivity index (χ1) is 21.3. The first kappa shape index (κ1) is 30.1. The molecule has 9 nitrogen and oxygen atoms in total. The lowest BCUT2D eigenvalue weighted by molar-refractivity contribution is -0.135. The molecule has 0 radical (unpaired) electrons. The first-order valence-corrected chi connectivity index (χ1v) is 16.0. The van der Waals surface area contributed by atoms with Gasteiger partial charge in [0.05, 0.1) is 35.1 Å². The van der Waals surface area contributed by atoms with Crippen LogP contribution in [0.15, 0.2) is 75.8 Å². The molecule has 0 spiro atoms. The highest BCUT2D eigenvalue weighted by molar-refractivity contribution is 7.07. The van der Waals surface area contributed by atoms with E-state index in [9.17, 15) is 14.4 Å². The van der Waals surface area contributed by atoms with E-state index in [1.165, 1.54) is 11.3 Å². The van der Waals surface area contributed by atoms with Gasteiger partial charge in [-0.15, -0.1) is 0 Å². The number of amides is 2. The van der Waals surface area contributed by atoms with Crippen LogP contribution in [0.25, 0.3) is 17.0 Å². The molecule has 1 saturated heterocycles. The maximum absolute atomic E-state index is 14.2. The molecule has 2 aliphatic heterocycles. The second-order valence-corrected chi connectivity index (χ2v) is 12.3. The average Bonchev–Trinajstić information content (AvgIpc) is 3.53. The minimum atomic E-state index is -0.647. The Labute approximate surface area is 263 Å². The van der Waals surface area contributed by atoms with E-state index in [-0.39, 0.29) is 23.9 Å². The van der Waals surface area contributed by atoms with Gasteiger partial charge in [0.2, 0.25) is 5.91 Å². The van der Waals surface area contributed by atoms with Crippen LogP contribution in [0, 0.1) is 0 Å². The third kappa shape index (κ3) is 5.53. The average molecular weight is 632 g/mol. The lowest BCUT2D eigenvalue weighted by atomic mass is 9.94. The van der Waals surface area contributed by atoms with E-state index in [1.807, 2.05) is 78.9 Å². The van der Waals surface area contributed by atoms with Crippen molar-refractivity contribution in [1.82, 2.24) is 18.9 Å². The van der Waals surface area contributed by atoms with Gasteiger partial charge in [-0.05, 0) is 50.6 Å². The lowest BCUT2D eigenvalue weighted by Crippen LogP contribution is -2.43. The molecule has 1 atom stereocenters. The Morgan fingerprint density at radius 1 is 1.09 bits per heavy atom. The van der Waals surface area contributed by atoms with Gasteiger partial charge in [-0.1, -0.05) is 53.3 Å². The molecule has 44 heavy (non-hydrogen) atoms. The molecule has 0 N–H and O–H groups in total. The summed E-state index contributed by atoms with van der Waals surface area (Å²) in [5.41, 5.74) is 3.37. The van der Waals surface area contributed by atoms with Crippen molar-refractivity contribution in [3.63, 3.8) is 0 Å². The summed E-state index contributed by atoms with van der Waals surface area (Å²) in [5.74, 6) is -0.109. The van der Waals surface area contributed by atoms with Crippen LogP contribution in [0.1, 0.15) is 37.9 Å². The SMILES string of the molecule is CCN(CC)C(=O)C1=C(C)N=c2s/c(=C\c3cn(CC(=O)N4CCOCC4)c4ccccc34)c(=O)n2[C@H]1c1ccc(Cl)cc1. The van der Waals surface area contributed by atoms with Crippen molar-refractivity contribution in [2.75, 3.05) is 39.4 Å². The number of hydrogen-bond donors (Lipinski definition) is 0. The zero-order valence-electron chi connectivity index (χ0n) is 25.0. The van der Waals surface area contributed by atoms with E-state index in [0.29, 0.717) is 65.0 Å². The van der Waals surface area contributed by atoms with Crippen LogP contribution >= 0.6 is 22.9 Å². The van der Waals surface area contributed by atoms with E-state index in [2.05, 4.69) is 0 Å². The molecule has 1 fully saturated rings. The number of benzene rings is 2.